The van der Waals surface area contributed by atoms with Crippen LogP contribution in [0.4, 0.5) is 13.2 Å². The Balaban J connectivity index is 2.23. The summed E-state index contributed by atoms with van der Waals surface area (Å²) in [5.74, 6) is -0.562. The van der Waals surface area contributed by atoms with Crippen molar-refractivity contribution >= 4 is 5.91 Å². The number of halogens is 3. The monoisotopic (exact) mass is 276 g/mol. The van der Waals surface area contributed by atoms with Crippen LogP contribution in [0.3, 0.4) is 0 Å². The third kappa shape index (κ3) is 6.76. The standard InChI is InChI=1S/C12H15F3N2O2/c1-9(19-8-12(13,14)15)11(18)17-6-4-10-3-2-5-16-7-10/h2-3,5,7,9H,4,6,8H2,1H3,(H,17,18). The normalized spacial score (nSPS) is 13.1. The van der Waals surface area contributed by atoms with Crippen molar-refractivity contribution in [2.75, 3.05) is 13.2 Å². The summed E-state index contributed by atoms with van der Waals surface area (Å²) in [5.41, 5.74) is 0.937. The molecule has 0 saturated heterocycles. The van der Waals surface area contributed by atoms with Crippen LogP contribution in [0, 0.1) is 0 Å². The Bertz CT molecular complexity index is 396. The fourth-order valence-electron chi connectivity index (χ4n) is 1.31. The number of hydrogen-bond donors (Lipinski definition) is 1. The van der Waals surface area contributed by atoms with Gasteiger partial charge in [0.05, 0.1) is 0 Å². The van der Waals surface area contributed by atoms with Crippen molar-refractivity contribution in [2.45, 2.75) is 25.6 Å². The average Bonchev–Trinajstić information content (AvgIpc) is 2.36. The second kappa shape index (κ2) is 7.08. The third-order valence-electron chi connectivity index (χ3n) is 2.30. The van der Waals surface area contributed by atoms with Gasteiger partial charge in [-0.25, -0.2) is 0 Å². The van der Waals surface area contributed by atoms with Gasteiger partial charge in [0, 0.05) is 18.9 Å². The van der Waals surface area contributed by atoms with Gasteiger partial charge < -0.3 is 10.1 Å². The molecule has 1 aromatic heterocycles. The van der Waals surface area contributed by atoms with E-state index >= 15 is 0 Å². The number of alkyl halides is 3. The van der Waals surface area contributed by atoms with Crippen LogP contribution in [-0.2, 0) is 16.0 Å². The maximum Gasteiger partial charge on any atom is 0.411 e. The molecular formula is C12H15F3N2O2. The largest absolute Gasteiger partial charge is 0.411 e. The molecule has 0 saturated carbocycles. The van der Waals surface area contributed by atoms with Crippen LogP contribution >= 0.6 is 0 Å². The van der Waals surface area contributed by atoms with Gasteiger partial charge in [0.2, 0.25) is 5.91 Å². The van der Waals surface area contributed by atoms with Gasteiger partial charge in [-0.05, 0) is 25.0 Å². The Morgan fingerprint density at radius 2 is 2.26 bits per heavy atom. The van der Waals surface area contributed by atoms with Crippen molar-refractivity contribution in [2.24, 2.45) is 0 Å². The molecule has 1 N–H and O–H groups in total. The summed E-state index contributed by atoms with van der Waals surface area (Å²) < 4.78 is 40.1. The first-order chi connectivity index (χ1) is 8.88. The Labute approximate surface area is 109 Å². The molecule has 1 unspecified atom stereocenters. The Kier molecular flexibility index (Phi) is 5.75. The highest BCUT2D eigenvalue weighted by molar-refractivity contribution is 5.80. The number of carbonyl (C=O) groups is 1. The molecule has 19 heavy (non-hydrogen) atoms. The maximum atomic E-state index is 11.9. The van der Waals surface area contributed by atoms with Gasteiger partial charge in [0.1, 0.15) is 12.7 Å². The summed E-state index contributed by atoms with van der Waals surface area (Å²) >= 11 is 0. The van der Waals surface area contributed by atoms with Crippen molar-refractivity contribution in [3.63, 3.8) is 0 Å². The van der Waals surface area contributed by atoms with Gasteiger partial charge in [-0.15, -0.1) is 0 Å². The van der Waals surface area contributed by atoms with Crippen molar-refractivity contribution in [3.8, 4) is 0 Å². The molecule has 106 valence electrons. The number of carbonyl (C=O) groups excluding carboxylic acids is 1. The number of nitrogens with zero attached hydrogens (tertiary/aromatic N) is 1. The quantitative estimate of drug-likeness (QED) is 0.860. The molecule has 1 heterocycles. The Hall–Kier alpha value is -1.63. The molecule has 0 aliphatic rings. The van der Waals surface area contributed by atoms with E-state index in [1.807, 2.05) is 6.07 Å². The number of aromatic nitrogens is 1. The SMILES string of the molecule is CC(OCC(F)(F)F)C(=O)NCCc1cccnc1. The summed E-state index contributed by atoms with van der Waals surface area (Å²) in [6, 6.07) is 3.62. The second-order valence-electron chi connectivity index (χ2n) is 3.97. The van der Waals surface area contributed by atoms with Crippen LogP contribution in [0.2, 0.25) is 0 Å². The van der Waals surface area contributed by atoms with Gasteiger partial charge in [0.25, 0.3) is 0 Å². The smallest absolute Gasteiger partial charge is 0.359 e. The van der Waals surface area contributed by atoms with Crippen molar-refractivity contribution < 1.29 is 22.7 Å². The molecule has 1 amide bonds. The van der Waals surface area contributed by atoms with Crippen LogP contribution in [-0.4, -0.2) is 36.3 Å². The number of rotatable bonds is 6. The third-order valence-corrected chi connectivity index (χ3v) is 2.30. The molecule has 0 fully saturated rings. The van der Waals surface area contributed by atoms with E-state index in [0.29, 0.717) is 13.0 Å². The first-order valence-electron chi connectivity index (χ1n) is 5.73. The molecule has 0 aliphatic carbocycles. The van der Waals surface area contributed by atoms with E-state index in [0.717, 1.165) is 5.56 Å². The number of ether oxygens (including phenoxy) is 1. The highest BCUT2D eigenvalue weighted by Crippen LogP contribution is 2.15. The van der Waals surface area contributed by atoms with Gasteiger partial charge in [0.15, 0.2) is 0 Å². The fourth-order valence-corrected chi connectivity index (χ4v) is 1.31. The topological polar surface area (TPSA) is 51.2 Å². The lowest BCUT2D eigenvalue weighted by Crippen LogP contribution is -2.37. The molecule has 0 aromatic carbocycles. The number of hydrogen-bond acceptors (Lipinski definition) is 3. The lowest BCUT2D eigenvalue weighted by Gasteiger charge is -2.14. The van der Waals surface area contributed by atoms with Crippen LogP contribution in [0.25, 0.3) is 0 Å². The minimum absolute atomic E-state index is 0.324. The van der Waals surface area contributed by atoms with Crippen LogP contribution < -0.4 is 5.32 Å². The predicted octanol–water partition coefficient (Wildman–Crippen LogP) is 1.71. The molecule has 0 aliphatic heterocycles. The number of nitrogens with one attached hydrogen (secondary N) is 1. The molecule has 7 heteroatoms. The molecule has 0 bridgehead atoms. The van der Waals surface area contributed by atoms with Crippen molar-refractivity contribution in [1.29, 1.82) is 0 Å². The number of amides is 1. The van der Waals surface area contributed by atoms with E-state index in [2.05, 4.69) is 15.0 Å². The predicted molar refractivity (Wildman–Crippen MR) is 62.4 cm³/mol. The lowest BCUT2D eigenvalue weighted by atomic mass is 10.2. The average molecular weight is 276 g/mol. The second-order valence-corrected chi connectivity index (χ2v) is 3.97. The zero-order valence-electron chi connectivity index (χ0n) is 10.4. The molecule has 0 radical (unpaired) electrons. The molecular weight excluding hydrogens is 261 g/mol. The highest BCUT2D eigenvalue weighted by atomic mass is 19.4. The van der Waals surface area contributed by atoms with E-state index in [4.69, 9.17) is 0 Å². The van der Waals surface area contributed by atoms with Gasteiger partial charge in [-0.2, -0.15) is 13.2 Å². The summed E-state index contributed by atoms with van der Waals surface area (Å²) in [7, 11) is 0. The van der Waals surface area contributed by atoms with E-state index in [1.54, 1.807) is 18.5 Å². The number of pyridine rings is 1. The summed E-state index contributed by atoms with van der Waals surface area (Å²) in [6.07, 6.45) is -1.70. The van der Waals surface area contributed by atoms with Crippen LogP contribution in [0.5, 0.6) is 0 Å². The zero-order valence-corrected chi connectivity index (χ0v) is 10.4. The van der Waals surface area contributed by atoms with Crippen molar-refractivity contribution in [3.05, 3.63) is 30.1 Å². The first-order valence-corrected chi connectivity index (χ1v) is 5.73. The van der Waals surface area contributed by atoms with E-state index < -0.39 is 24.8 Å². The van der Waals surface area contributed by atoms with Gasteiger partial charge >= 0.3 is 6.18 Å². The lowest BCUT2D eigenvalue weighted by molar-refractivity contribution is -0.185. The van der Waals surface area contributed by atoms with Crippen LogP contribution in [0.1, 0.15) is 12.5 Å². The highest BCUT2D eigenvalue weighted by Gasteiger charge is 2.29. The summed E-state index contributed by atoms with van der Waals surface area (Å²) in [6.45, 7) is 0.180. The summed E-state index contributed by atoms with van der Waals surface area (Å²) in [5, 5.41) is 2.51. The summed E-state index contributed by atoms with van der Waals surface area (Å²) in [4.78, 5) is 15.3. The Morgan fingerprint density at radius 3 is 2.84 bits per heavy atom. The van der Waals surface area contributed by atoms with Crippen LogP contribution in [0.15, 0.2) is 24.5 Å². The minimum atomic E-state index is -4.43. The molecule has 1 atom stereocenters. The van der Waals surface area contributed by atoms with Crippen molar-refractivity contribution in [1.82, 2.24) is 10.3 Å². The van der Waals surface area contributed by atoms with E-state index in [1.165, 1.54) is 6.92 Å². The molecule has 1 aromatic rings. The van der Waals surface area contributed by atoms with E-state index in [-0.39, 0.29) is 0 Å². The minimum Gasteiger partial charge on any atom is -0.359 e. The zero-order chi connectivity index (χ0) is 14.3. The molecule has 0 spiro atoms. The molecule has 4 nitrogen and oxygen atoms in total. The maximum absolute atomic E-state index is 11.9. The van der Waals surface area contributed by atoms with E-state index in [9.17, 15) is 18.0 Å². The van der Waals surface area contributed by atoms with Gasteiger partial charge in [-0.3, -0.25) is 9.78 Å². The Morgan fingerprint density at radius 1 is 1.53 bits per heavy atom. The first kappa shape index (κ1) is 15.4. The van der Waals surface area contributed by atoms with Gasteiger partial charge in [-0.1, -0.05) is 6.07 Å². The molecule has 1 rings (SSSR count). The fraction of sp³-hybridized carbons (Fsp3) is 0.500.